The van der Waals surface area contributed by atoms with Crippen molar-refractivity contribution in [1.29, 1.82) is 0 Å². The van der Waals surface area contributed by atoms with Crippen molar-refractivity contribution in [3.05, 3.63) is 66.7 Å². The number of ether oxygens (including phenoxy) is 2. The standard InChI is InChI=1S/C25H28N2O5S/c1-31-21-11-13-22(14-12-21)33(29,30)27-16-5-8-20(18-27)25(28)26-15-17-32-24-10-4-7-19-6-2-3-9-23(19)24/h2-4,6-7,9-14,20H,5,8,15-18H2,1H3,(H,26,28)/t20-/m0/s1. The van der Waals surface area contributed by atoms with E-state index >= 15 is 0 Å². The minimum absolute atomic E-state index is 0.147. The number of carbonyl (C=O) groups excluding carboxylic acids is 1. The van der Waals surface area contributed by atoms with Crippen LogP contribution in [0.15, 0.2) is 71.6 Å². The number of benzene rings is 3. The lowest BCUT2D eigenvalue weighted by molar-refractivity contribution is -0.126. The zero-order chi connectivity index (χ0) is 23.3. The SMILES string of the molecule is COc1ccc(S(=O)(=O)N2CCC[C@H](C(=O)NCCOc3cccc4ccccc34)C2)cc1. The normalized spacial score (nSPS) is 16.9. The fraction of sp³-hybridized carbons (Fsp3) is 0.320. The summed E-state index contributed by atoms with van der Waals surface area (Å²) in [5.74, 6) is 0.836. The first-order valence-electron chi connectivity index (χ1n) is 11.0. The molecule has 0 unspecified atom stereocenters. The third-order valence-corrected chi connectivity index (χ3v) is 7.74. The molecule has 3 aromatic rings. The number of hydrogen-bond donors (Lipinski definition) is 1. The fourth-order valence-electron chi connectivity index (χ4n) is 4.07. The van der Waals surface area contributed by atoms with Gasteiger partial charge in [0.25, 0.3) is 0 Å². The van der Waals surface area contributed by atoms with E-state index in [1.165, 1.54) is 23.5 Å². The Kier molecular flexibility index (Phi) is 7.15. The van der Waals surface area contributed by atoms with Gasteiger partial charge in [-0.05, 0) is 48.6 Å². The minimum Gasteiger partial charge on any atom is -0.497 e. The van der Waals surface area contributed by atoms with Crippen LogP contribution in [0.4, 0.5) is 0 Å². The Morgan fingerprint density at radius 1 is 1.06 bits per heavy atom. The number of carbonyl (C=O) groups is 1. The van der Waals surface area contributed by atoms with Crippen molar-refractivity contribution in [2.45, 2.75) is 17.7 Å². The van der Waals surface area contributed by atoms with Gasteiger partial charge in [-0.1, -0.05) is 36.4 Å². The van der Waals surface area contributed by atoms with E-state index in [-0.39, 0.29) is 23.3 Å². The van der Waals surface area contributed by atoms with Crippen LogP contribution in [-0.4, -0.2) is 52.0 Å². The molecule has 1 aliphatic rings. The molecule has 0 bridgehead atoms. The zero-order valence-electron chi connectivity index (χ0n) is 18.6. The molecule has 3 aromatic carbocycles. The molecular formula is C25H28N2O5S. The van der Waals surface area contributed by atoms with Crippen molar-refractivity contribution in [3.8, 4) is 11.5 Å². The highest BCUT2D eigenvalue weighted by molar-refractivity contribution is 7.89. The third kappa shape index (κ3) is 5.29. The summed E-state index contributed by atoms with van der Waals surface area (Å²) in [6.07, 6.45) is 1.30. The maximum absolute atomic E-state index is 13.0. The van der Waals surface area contributed by atoms with E-state index in [0.29, 0.717) is 38.3 Å². The van der Waals surface area contributed by atoms with Crippen LogP contribution in [0.1, 0.15) is 12.8 Å². The largest absolute Gasteiger partial charge is 0.497 e. The fourth-order valence-corrected chi connectivity index (χ4v) is 5.60. The van der Waals surface area contributed by atoms with Crippen molar-refractivity contribution in [2.75, 3.05) is 33.4 Å². The van der Waals surface area contributed by atoms with E-state index in [4.69, 9.17) is 9.47 Å². The smallest absolute Gasteiger partial charge is 0.243 e. The Labute approximate surface area is 194 Å². The molecule has 7 nitrogen and oxygen atoms in total. The molecule has 1 heterocycles. The van der Waals surface area contributed by atoms with Crippen LogP contribution in [0.2, 0.25) is 0 Å². The molecular weight excluding hydrogens is 440 g/mol. The van der Waals surface area contributed by atoms with Gasteiger partial charge in [0, 0.05) is 18.5 Å². The van der Waals surface area contributed by atoms with Crippen LogP contribution in [0.3, 0.4) is 0 Å². The van der Waals surface area contributed by atoms with Gasteiger partial charge >= 0.3 is 0 Å². The monoisotopic (exact) mass is 468 g/mol. The average molecular weight is 469 g/mol. The van der Waals surface area contributed by atoms with Crippen molar-refractivity contribution < 1.29 is 22.7 Å². The lowest BCUT2D eigenvalue weighted by Crippen LogP contribution is -2.45. The number of hydrogen-bond acceptors (Lipinski definition) is 5. The molecule has 4 rings (SSSR count). The van der Waals surface area contributed by atoms with E-state index in [9.17, 15) is 13.2 Å². The summed E-state index contributed by atoms with van der Waals surface area (Å²) in [5, 5.41) is 5.02. The molecule has 0 radical (unpaired) electrons. The number of fused-ring (bicyclic) bond motifs is 1. The molecule has 1 saturated heterocycles. The topological polar surface area (TPSA) is 84.9 Å². The number of piperidine rings is 1. The maximum Gasteiger partial charge on any atom is 0.243 e. The molecule has 1 aliphatic heterocycles. The average Bonchev–Trinajstić information content (AvgIpc) is 2.86. The molecule has 1 atom stereocenters. The number of methoxy groups -OCH3 is 1. The van der Waals surface area contributed by atoms with Gasteiger partial charge in [0.15, 0.2) is 0 Å². The van der Waals surface area contributed by atoms with E-state index < -0.39 is 10.0 Å². The minimum atomic E-state index is -3.66. The van der Waals surface area contributed by atoms with Gasteiger partial charge in [-0.15, -0.1) is 0 Å². The number of nitrogens with zero attached hydrogens (tertiary/aromatic N) is 1. The Balaban J connectivity index is 1.31. The molecule has 0 aromatic heterocycles. The summed E-state index contributed by atoms with van der Waals surface area (Å²) in [6.45, 7) is 1.26. The first kappa shape index (κ1) is 23.1. The van der Waals surface area contributed by atoms with Gasteiger partial charge in [0.1, 0.15) is 18.1 Å². The van der Waals surface area contributed by atoms with Crippen LogP contribution in [-0.2, 0) is 14.8 Å². The Morgan fingerprint density at radius 3 is 2.61 bits per heavy atom. The second-order valence-electron chi connectivity index (χ2n) is 7.99. The maximum atomic E-state index is 13.0. The number of amides is 1. The summed E-state index contributed by atoms with van der Waals surface area (Å²) in [7, 11) is -2.13. The Bertz CT molecular complexity index is 1210. The highest BCUT2D eigenvalue weighted by atomic mass is 32.2. The Hall–Kier alpha value is -3.10. The first-order chi connectivity index (χ1) is 16.0. The molecule has 1 N–H and O–H groups in total. The predicted octanol–water partition coefficient (Wildman–Crippen LogP) is 3.44. The highest BCUT2D eigenvalue weighted by Crippen LogP contribution is 2.26. The summed E-state index contributed by atoms with van der Waals surface area (Å²) in [5.41, 5.74) is 0. The van der Waals surface area contributed by atoms with Gasteiger partial charge in [0.05, 0.1) is 24.5 Å². The lowest BCUT2D eigenvalue weighted by atomic mass is 9.99. The van der Waals surface area contributed by atoms with E-state index in [2.05, 4.69) is 5.32 Å². The van der Waals surface area contributed by atoms with Crippen molar-refractivity contribution >= 4 is 26.7 Å². The summed E-state index contributed by atoms with van der Waals surface area (Å²) in [6, 6.07) is 20.2. The molecule has 0 spiro atoms. The molecule has 0 saturated carbocycles. The molecule has 8 heteroatoms. The molecule has 33 heavy (non-hydrogen) atoms. The van der Waals surface area contributed by atoms with Crippen LogP contribution in [0.25, 0.3) is 10.8 Å². The molecule has 1 fully saturated rings. The number of sulfonamides is 1. The summed E-state index contributed by atoms with van der Waals surface area (Å²) < 4.78 is 38.4. The third-order valence-electron chi connectivity index (χ3n) is 5.86. The summed E-state index contributed by atoms with van der Waals surface area (Å²) >= 11 is 0. The van der Waals surface area contributed by atoms with E-state index in [1.807, 2.05) is 42.5 Å². The van der Waals surface area contributed by atoms with Crippen LogP contribution < -0.4 is 14.8 Å². The Morgan fingerprint density at radius 2 is 1.82 bits per heavy atom. The number of nitrogens with one attached hydrogen (secondary N) is 1. The molecule has 174 valence electrons. The van der Waals surface area contributed by atoms with Gasteiger partial charge < -0.3 is 14.8 Å². The van der Waals surface area contributed by atoms with Crippen molar-refractivity contribution in [2.24, 2.45) is 5.92 Å². The molecule has 1 amide bonds. The zero-order valence-corrected chi connectivity index (χ0v) is 19.4. The second kappa shape index (κ2) is 10.2. The van der Waals surface area contributed by atoms with Crippen LogP contribution in [0.5, 0.6) is 11.5 Å². The van der Waals surface area contributed by atoms with Gasteiger partial charge in [0.2, 0.25) is 15.9 Å². The second-order valence-corrected chi connectivity index (χ2v) is 9.93. The van der Waals surface area contributed by atoms with Gasteiger partial charge in [-0.3, -0.25) is 4.79 Å². The van der Waals surface area contributed by atoms with Gasteiger partial charge in [-0.25, -0.2) is 8.42 Å². The quantitative estimate of drug-likeness (QED) is 0.512. The number of rotatable bonds is 8. The first-order valence-corrected chi connectivity index (χ1v) is 12.5. The van der Waals surface area contributed by atoms with Crippen LogP contribution >= 0.6 is 0 Å². The predicted molar refractivity (Wildman–Crippen MR) is 127 cm³/mol. The van der Waals surface area contributed by atoms with Crippen molar-refractivity contribution in [1.82, 2.24) is 9.62 Å². The highest BCUT2D eigenvalue weighted by Gasteiger charge is 2.33. The van der Waals surface area contributed by atoms with E-state index in [1.54, 1.807) is 12.1 Å². The van der Waals surface area contributed by atoms with Crippen LogP contribution in [0, 0.1) is 5.92 Å². The lowest BCUT2D eigenvalue weighted by Gasteiger charge is -2.31. The summed E-state index contributed by atoms with van der Waals surface area (Å²) in [4.78, 5) is 12.9. The molecule has 0 aliphatic carbocycles. The van der Waals surface area contributed by atoms with Crippen molar-refractivity contribution in [3.63, 3.8) is 0 Å². The van der Waals surface area contributed by atoms with Gasteiger partial charge in [-0.2, -0.15) is 4.31 Å². The van der Waals surface area contributed by atoms with E-state index in [0.717, 1.165) is 16.5 Å².